The molecular weight excluding hydrogens is 500 g/mol. The van der Waals surface area contributed by atoms with Crippen molar-refractivity contribution in [2.75, 3.05) is 9.80 Å². The lowest BCUT2D eigenvalue weighted by Crippen LogP contribution is -2.62. The van der Waals surface area contributed by atoms with Crippen molar-refractivity contribution in [3.05, 3.63) is 88.4 Å². The van der Waals surface area contributed by atoms with Gasteiger partial charge in [-0.15, -0.1) is 0 Å². The molecule has 2 amide bonds. The number of amides is 2. The lowest BCUT2D eigenvalue weighted by atomic mass is 10.1. The van der Waals surface area contributed by atoms with Crippen LogP contribution >= 0.6 is 39.7 Å². The standard InChI is InChI=1S/C22H14BrClN4O2S/c23-14-10-12-15(13-11-14)25-26-19-20(29)27(16-6-2-1-3-7-16)22(31)28(21(19)30)18-9-5-4-8-17(18)24/h1-13,19H. The summed E-state index contributed by atoms with van der Waals surface area (Å²) in [5.74, 6) is -1.19. The topological polar surface area (TPSA) is 65.3 Å². The van der Waals surface area contributed by atoms with Crippen molar-refractivity contribution in [1.82, 2.24) is 0 Å². The van der Waals surface area contributed by atoms with E-state index in [1.807, 2.05) is 6.07 Å². The number of benzene rings is 3. The molecule has 9 heteroatoms. The molecule has 0 radical (unpaired) electrons. The first-order valence-corrected chi connectivity index (χ1v) is 10.7. The van der Waals surface area contributed by atoms with Gasteiger partial charge in [0.1, 0.15) is 0 Å². The Labute approximate surface area is 197 Å². The molecule has 1 unspecified atom stereocenters. The van der Waals surface area contributed by atoms with Crippen LogP contribution < -0.4 is 9.80 Å². The van der Waals surface area contributed by atoms with E-state index in [4.69, 9.17) is 23.8 Å². The van der Waals surface area contributed by atoms with Gasteiger partial charge in [0.15, 0.2) is 5.11 Å². The first-order valence-electron chi connectivity index (χ1n) is 9.15. The molecule has 0 N–H and O–H groups in total. The van der Waals surface area contributed by atoms with E-state index >= 15 is 0 Å². The molecule has 0 saturated carbocycles. The molecule has 4 rings (SSSR count). The second-order valence-electron chi connectivity index (χ2n) is 6.51. The highest BCUT2D eigenvalue weighted by molar-refractivity contribution is 9.10. The summed E-state index contributed by atoms with van der Waals surface area (Å²) in [7, 11) is 0. The minimum absolute atomic E-state index is 0.00407. The van der Waals surface area contributed by atoms with Crippen LogP contribution in [0.15, 0.2) is 93.6 Å². The number of thiocarbonyl (C=S) groups is 1. The van der Waals surface area contributed by atoms with E-state index in [1.165, 1.54) is 9.80 Å². The van der Waals surface area contributed by atoms with Crippen molar-refractivity contribution in [2.45, 2.75) is 6.04 Å². The highest BCUT2D eigenvalue weighted by Crippen LogP contribution is 2.32. The van der Waals surface area contributed by atoms with E-state index in [0.29, 0.717) is 22.1 Å². The van der Waals surface area contributed by atoms with E-state index in [1.54, 1.807) is 72.8 Å². The quantitative estimate of drug-likeness (QED) is 0.247. The van der Waals surface area contributed by atoms with Crippen LogP contribution in [0.4, 0.5) is 17.1 Å². The van der Waals surface area contributed by atoms with Crippen LogP contribution in [-0.4, -0.2) is 23.0 Å². The Morgan fingerprint density at radius 2 is 1.45 bits per heavy atom. The Bertz CT molecular complexity index is 1190. The lowest BCUT2D eigenvalue weighted by molar-refractivity contribution is -0.128. The fraction of sp³-hybridized carbons (Fsp3) is 0.0455. The number of hydrogen-bond acceptors (Lipinski definition) is 5. The van der Waals surface area contributed by atoms with E-state index < -0.39 is 17.9 Å². The summed E-state index contributed by atoms with van der Waals surface area (Å²) in [6.45, 7) is 0. The van der Waals surface area contributed by atoms with Crippen molar-refractivity contribution in [2.24, 2.45) is 10.2 Å². The largest absolute Gasteiger partial charge is 0.271 e. The van der Waals surface area contributed by atoms with Gasteiger partial charge in [-0.25, -0.2) is 0 Å². The van der Waals surface area contributed by atoms with Gasteiger partial charge in [-0.2, -0.15) is 10.2 Å². The van der Waals surface area contributed by atoms with Crippen molar-refractivity contribution in [3.63, 3.8) is 0 Å². The Kier molecular flexibility index (Phi) is 6.22. The molecule has 1 saturated heterocycles. The van der Waals surface area contributed by atoms with Crippen molar-refractivity contribution < 1.29 is 9.59 Å². The number of para-hydroxylation sites is 2. The molecule has 1 atom stereocenters. The zero-order chi connectivity index (χ0) is 22.0. The van der Waals surface area contributed by atoms with Gasteiger partial charge >= 0.3 is 0 Å². The summed E-state index contributed by atoms with van der Waals surface area (Å²) >= 11 is 15.2. The summed E-state index contributed by atoms with van der Waals surface area (Å²) in [6.07, 6.45) is 0. The zero-order valence-corrected chi connectivity index (χ0v) is 19.0. The van der Waals surface area contributed by atoms with Gasteiger partial charge in [0.25, 0.3) is 11.8 Å². The summed E-state index contributed by atoms with van der Waals surface area (Å²) in [5.41, 5.74) is 1.40. The molecule has 1 fully saturated rings. The normalized spacial score (nSPS) is 17.0. The van der Waals surface area contributed by atoms with E-state index in [9.17, 15) is 9.59 Å². The third-order valence-corrected chi connectivity index (χ3v) is 5.73. The summed E-state index contributed by atoms with van der Waals surface area (Å²) in [4.78, 5) is 29.1. The predicted molar refractivity (Wildman–Crippen MR) is 128 cm³/mol. The van der Waals surface area contributed by atoms with Crippen LogP contribution in [0.3, 0.4) is 0 Å². The number of hydrogen-bond donors (Lipinski definition) is 0. The Morgan fingerprint density at radius 1 is 0.839 bits per heavy atom. The summed E-state index contributed by atoms with van der Waals surface area (Å²) in [6, 6.07) is 21.2. The minimum atomic E-state index is -1.41. The fourth-order valence-electron chi connectivity index (χ4n) is 3.04. The molecule has 1 aliphatic heterocycles. The van der Waals surface area contributed by atoms with E-state index in [-0.39, 0.29) is 5.11 Å². The van der Waals surface area contributed by atoms with Crippen molar-refractivity contribution in [3.8, 4) is 0 Å². The second-order valence-corrected chi connectivity index (χ2v) is 8.20. The Hall–Kier alpha value is -2.94. The van der Waals surface area contributed by atoms with Gasteiger partial charge in [-0.3, -0.25) is 19.4 Å². The van der Waals surface area contributed by atoms with Gasteiger partial charge in [-0.05, 0) is 60.7 Å². The van der Waals surface area contributed by atoms with Crippen LogP contribution in [0.2, 0.25) is 5.02 Å². The van der Waals surface area contributed by atoms with Gasteiger partial charge in [0.2, 0.25) is 6.04 Å². The maximum atomic E-state index is 13.3. The summed E-state index contributed by atoms with van der Waals surface area (Å²) in [5, 5.41) is 8.52. The molecule has 31 heavy (non-hydrogen) atoms. The predicted octanol–water partition coefficient (Wildman–Crippen LogP) is 5.92. The van der Waals surface area contributed by atoms with Gasteiger partial charge in [-0.1, -0.05) is 57.9 Å². The SMILES string of the molecule is O=C1C(N=Nc2ccc(Br)cc2)C(=O)N(c2ccccc2Cl)C(=S)N1c1ccccc1. The lowest BCUT2D eigenvalue weighted by Gasteiger charge is -2.37. The molecule has 3 aromatic rings. The third kappa shape index (κ3) is 4.27. The molecule has 6 nitrogen and oxygen atoms in total. The molecule has 0 bridgehead atoms. The number of azo groups is 1. The third-order valence-electron chi connectivity index (χ3n) is 4.51. The first-order chi connectivity index (χ1) is 15.0. The second kappa shape index (κ2) is 9.05. The maximum Gasteiger partial charge on any atom is 0.269 e. The maximum absolute atomic E-state index is 13.3. The summed E-state index contributed by atoms with van der Waals surface area (Å²) < 4.78 is 0.877. The van der Waals surface area contributed by atoms with Crippen LogP contribution in [-0.2, 0) is 9.59 Å². The van der Waals surface area contributed by atoms with Gasteiger partial charge < -0.3 is 0 Å². The number of halogens is 2. The van der Waals surface area contributed by atoms with E-state index in [2.05, 4.69) is 26.2 Å². The highest BCUT2D eigenvalue weighted by atomic mass is 79.9. The van der Waals surface area contributed by atoms with Gasteiger partial charge in [0, 0.05) is 4.47 Å². The number of rotatable bonds is 4. The van der Waals surface area contributed by atoms with E-state index in [0.717, 1.165) is 4.47 Å². The average molecular weight is 514 g/mol. The van der Waals surface area contributed by atoms with Crippen molar-refractivity contribution in [1.29, 1.82) is 0 Å². The molecule has 1 heterocycles. The molecule has 0 spiro atoms. The van der Waals surface area contributed by atoms with Crippen LogP contribution in [0, 0.1) is 0 Å². The smallest absolute Gasteiger partial charge is 0.269 e. The minimum Gasteiger partial charge on any atom is -0.271 e. The molecule has 3 aromatic carbocycles. The number of nitrogens with zero attached hydrogens (tertiary/aromatic N) is 4. The number of carbonyl (C=O) groups excluding carboxylic acids is 2. The molecule has 0 aromatic heterocycles. The van der Waals surface area contributed by atoms with Crippen molar-refractivity contribution >= 4 is 73.7 Å². The fourth-order valence-corrected chi connectivity index (χ4v) is 3.91. The molecule has 0 aliphatic carbocycles. The van der Waals surface area contributed by atoms with Crippen LogP contribution in [0.1, 0.15) is 0 Å². The monoisotopic (exact) mass is 512 g/mol. The average Bonchev–Trinajstić information content (AvgIpc) is 2.77. The van der Waals surface area contributed by atoms with Gasteiger partial charge in [0.05, 0.1) is 22.1 Å². The van der Waals surface area contributed by atoms with Crippen LogP contribution in [0.5, 0.6) is 0 Å². The highest BCUT2D eigenvalue weighted by Gasteiger charge is 2.46. The first kappa shape index (κ1) is 21.3. The Balaban J connectivity index is 1.79. The molecule has 1 aliphatic rings. The molecular formula is C22H14BrClN4O2S. The number of carbonyl (C=O) groups is 2. The Morgan fingerprint density at radius 3 is 2.13 bits per heavy atom. The number of anilines is 2. The zero-order valence-electron chi connectivity index (χ0n) is 15.9. The molecule has 154 valence electrons. The van der Waals surface area contributed by atoms with Crippen LogP contribution in [0.25, 0.3) is 0 Å².